The molecule has 0 radical (unpaired) electrons. The maximum atomic E-state index is 11.8. The summed E-state index contributed by atoms with van der Waals surface area (Å²) in [5.41, 5.74) is 1.99. The van der Waals surface area contributed by atoms with E-state index < -0.39 is 0 Å². The molecule has 22 heavy (non-hydrogen) atoms. The number of rotatable bonds is 5. The van der Waals surface area contributed by atoms with Crippen molar-refractivity contribution in [2.24, 2.45) is 0 Å². The first kappa shape index (κ1) is 14.9. The second-order valence-corrected chi connectivity index (χ2v) is 5.80. The van der Waals surface area contributed by atoms with Crippen LogP contribution in [0.4, 0.5) is 0 Å². The van der Waals surface area contributed by atoms with Gasteiger partial charge in [-0.1, -0.05) is 46.3 Å². The van der Waals surface area contributed by atoms with Crippen molar-refractivity contribution in [3.63, 3.8) is 0 Å². The third-order valence-electron chi connectivity index (χ3n) is 3.39. The molecule has 0 aliphatic carbocycles. The van der Waals surface area contributed by atoms with E-state index in [1.807, 2.05) is 42.5 Å². The summed E-state index contributed by atoms with van der Waals surface area (Å²) in [5.74, 6) is 1.16. The molecule has 114 valence electrons. The van der Waals surface area contributed by atoms with Gasteiger partial charge in [0, 0.05) is 16.5 Å². The number of carbonyl (C=O) groups is 1. The molecular weight excluding hydrogens is 348 g/mol. The number of esters is 1. The summed E-state index contributed by atoms with van der Waals surface area (Å²) in [6.07, 6.45) is 1.05. The van der Waals surface area contributed by atoms with Gasteiger partial charge in [0.2, 0.25) is 6.79 Å². The molecule has 0 bridgehead atoms. The maximum absolute atomic E-state index is 11.8. The van der Waals surface area contributed by atoms with Crippen molar-refractivity contribution < 1.29 is 19.0 Å². The van der Waals surface area contributed by atoms with E-state index in [0.717, 1.165) is 15.6 Å². The first-order valence-corrected chi connectivity index (χ1v) is 7.79. The van der Waals surface area contributed by atoms with Crippen molar-refractivity contribution in [1.29, 1.82) is 0 Å². The SMILES string of the molecule is O=C(CCc1ccccc1)OCc1cc2c(cc1Br)OCO2. The fraction of sp³-hybridized carbons (Fsp3) is 0.235. The molecule has 0 saturated carbocycles. The molecule has 3 rings (SSSR count). The van der Waals surface area contributed by atoms with E-state index in [1.54, 1.807) is 0 Å². The van der Waals surface area contributed by atoms with Crippen molar-refractivity contribution in [1.82, 2.24) is 0 Å². The summed E-state index contributed by atoms with van der Waals surface area (Å²) in [7, 11) is 0. The minimum atomic E-state index is -0.214. The Morgan fingerprint density at radius 3 is 2.64 bits per heavy atom. The van der Waals surface area contributed by atoms with E-state index in [9.17, 15) is 4.79 Å². The van der Waals surface area contributed by atoms with Crippen LogP contribution in [0, 0.1) is 0 Å². The lowest BCUT2D eigenvalue weighted by molar-refractivity contribution is -0.144. The highest BCUT2D eigenvalue weighted by molar-refractivity contribution is 9.10. The Morgan fingerprint density at radius 1 is 1.14 bits per heavy atom. The summed E-state index contributed by atoms with van der Waals surface area (Å²) < 4.78 is 16.8. The highest BCUT2D eigenvalue weighted by Crippen LogP contribution is 2.37. The fourth-order valence-corrected chi connectivity index (χ4v) is 2.63. The van der Waals surface area contributed by atoms with Gasteiger partial charge in [-0.3, -0.25) is 4.79 Å². The number of aryl methyl sites for hydroxylation is 1. The van der Waals surface area contributed by atoms with Crippen LogP contribution in [0.5, 0.6) is 11.5 Å². The topological polar surface area (TPSA) is 44.8 Å². The van der Waals surface area contributed by atoms with Gasteiger partial charge in [0.1, 0.15) is 6.61 Å². The Bertz CT molecular complexity index is 670. The van der Waals surface area contributed by atoms with Crippen LogP contribution in [0.2, 0.25) is 0 Å². The van der Waals surface area contributed by atoms with E-state index in [-0.39, 0.29) is 19.4 Å². The molecular formula is C17H15BrO4. The highest BCUT2D eigenvalue weighted by Gasteiger charge is 2.17. The van der Waals surface area contributed by atoms with Crippen LogP contribution >= 0.6 is 15.9 Å². The lowest BCUT2D eigenvalue weighted by Crippen LogP contribution is -2.06. The first-order valence-electron chi connectivity index (χ1n) is 7.00. The molecule has 1 aliphatic heterocycles. The first-order chi connectivity index (χ1) is 10.7. The Kier molecular flexibility index (Phi) is 4.63. The van der Waals surface area contributed by atoms with Crippen molar-refractivity contribution in [3.8, 4) is 11.5 Å². The van der Waals surface area contributed by atoms with Crippen LogP contribution < -0.4 is 9.47 Å². The van der Waals surface area contributed by atoms with Crippen LogP contribution in [-0.4, -0.2) is 12.8 Å². The highest BCUT2D eigenvalue weighted by atomic mass is 79.9. The molecule has 2 aromatic carbocycles. The van der Waals surface area contributed by atoms with Gasteiger partial charge < -0.3 is 14.2 Å². The monoisotopic (exact) mass is 362 g/mol. The second kappa shape index (κ2) is 6.83. The predicted molar refractivity (Wildman–Crippen MR) is 84.8 cm³/mol. The van der Waals surface area contributed by atoms with E-state index in [2.05, 4.69) is 15.9 Å². The van der Waals surface area contributed by atoms with Crippen LogP contribution in [-0.2, 0) is 22.6 Å². The van der Waals surface area contributed by atoms with E-state index >= 15 is 0 Å². The molecule has 1 heterocycles. The molecule has 0 amide bonds. The number of ether oxygens (including phenoxy) is 3. The van der Waals surface area contributed by atoms with E-state index in [1.165, 1.54) is 0 Å². The standard InChI is InChI=1S/C17H15BrO4/c18-14-9-16-15(21-11-22-16)8-13(14)10-20-17(19)7-6-12-4-2-1-3-5-12/h1-5,8-9H,6-7,10-11H2. The molecule has 2 aromatic rings. The summed E-state index contributed by atoms with van der Waals surface area (Å²) in [5, 5.41) is 0. The van der Waals surface area contributed by atoms with Gasteiger partial charge in [-0.2, -0.15) is 0 Å². The fourth-order valence-electron chi connectivity index (χ4n) is 2.19. The number of hydrogen-bond acceptors (Lipinski definition) is 4. The van der Waals surface area contributed by atoms with Crippen LogP contribution in [0.25, 0.3) is 0 Å². The largest absolute Gasteiger partial charge is 0.461 e. The van der Waals surface area contributed by atoms with Gasteiger partial charge in [-0.05, 0) is 24.1 Å². The summed E-state index contributed by atoms with van der Waals surface area (Å²) >= 11 is 3.45. The maximum Gasteiger partial charge on any atom is 0.306 e. The van der Waals surface area contributed by atoms with Gasteiger partial charge in [0.15, 0.2) is 11.5 Å². The van der Waals surface area contributed by atoms with Crippen molar-refractivity contribution in [3.05, 3.63) is 58.1 Å². The van der Waals surface area contributed by atoms with Crippen LogP contribution in [0.3, 0.4) is 0 Å². The molecule has 5 heteroatoms. The molecule has 0 unspecified atom stereocenters. The van der Waals surface area contributed by atoms with Gasteiger partial charge in [0.05, 0.1) is 0 Å². The molecule has 1 aliphatic rings. The summed E-state index contributed by atoms with van der Waals surface area (Å²) in [4.78, 5) is 11.8. The third-order valence-corrected chi connectivity index (χ3v) is 4.13. The zero-order valence-corrected chi connectivity index (χ0v) is 13.5. The van der Waals surface area contributed by atoms with Crippen molar-refractivity contribution in [2.45, 2.75) is 19.4 Å². The molecule has 0 N–H and O–H groups in total. The number of hydrogen-bond donors (Lipinski definition) is 0. The van der Waals surface area contributed by atoms with Gasteiger partial charge >= 0.3 is 5.97 Å². The average molecular weight is 363 g/mol. The minimum Gasteiger partial charge on any atom is -0.461 e. The molecule has 4 nitrogen and oxygen atoms in total. The Hall–Kier alpha value is -2.01. The van der Waals surface area contributed by atoms with E-state index in [4.69, 9.17) is 14.2 Å². The summed E-state index contributed by atoms with van der Waals surface area (Å²) in [6, 6.07) is 13.5. The molecule has 0 saturated heterocycles. The van der Waals surface area contributed by atoms with Gasteiger partial charge in [-0.25, -0.2) is 0 Å². The average Bonchev–Trinajstić information content (AvgIpc) is 2.98. The predicted octanol–water partition coefficient (Wildman–Crippen LogP) is 3.85. The number of carbonyl (C=O) groups excluding carboxylic acids is 1. The molecule has 0 spiro atoms. The third kappa shape index (κ3) is 3.60. The normalized spacial score (nSPS) is 12.2. The molecule has 0 fully saturated rings. The van der Waals surface area contributed by atoms with Crippen molar-refractivity contribution in [2.75, 3.05) is 6.79 Å². The smallest absolute Gasteiger partial charge is 0.306 e. The summed E-state index contributed by atoms with van der Waals surface area (Å²) in [6.45, 7) is 0.437. The zero-order valence-electron chi connectivity index (χ0n) is 11.9. The van der Waals surface area contributed by atoms with Crippen molar-refractivity contribution >= 4 is 21.9 Å². The number of benzene rings is 2. The van der Waals surface area contributed by atoms with Gasteiger partial charge in [-0.15, -0.1) is 0 Å². The molecule has 0 aromatic heterocycles. The van der Waals surface area contributed by atoms with Gasteiger partial charge in [0.25, 0.3) is 0 Å². The number of halogens is 1. The lowest BCUT2D eigenvalue weighted by Gasteiger charge is -2.08. The van der Waals surface area contributed by atoms with E-state index in [0.29, 0.717) is 24.3 Å². The molecule has 0 atom stereocenters. The second-order valence-electron chi connectivity index (χ2n) is 4.94. The number of fused-ring (bicyclic) bond motifs is 1. The van der Waals surface area contributed by atoms with Crippen LogP contribution in [0.15, 0.2) is 46.9 Å². The minimum absolute atomic E-state index is 0.213. The Balaban J connectivity index is 1.53. The van der Waals surface area contributed by atoms with Crippen LogP contribution in [0.1, 0.15) is 17.5 Å². The lowest BCUT2D eigenvalue weighted by atomic mass is 10.1. The Morgan fingerprint density at radius 2 is 1.86 bits per heavy atom. The quantitative estimate of drug-likeness (QED) is 0.757. The Labute approximate surface area is 137 Å². The zero-order chi connectivity index (χ0) is 15.4.